The second-order valence-electron chi connectivity index (χ2n) is 4.33. The first kappa shape index (κ1) is 17.6. The molecule has 0 aromatic heterocycles. The van der Waals surface area contributed by atoms with Gasteiger partial charge >= 0.3 is 0 Å². The second kappa shape index (κ2) is 9.49. The molecule has 7 heteroatoms. The average molecular weight is 359 g/mol. The molecule has 0 spiro atoms. The van der Waals surface area contributed by atoms with Crippen LogP contribution in [-0.2, 0) is 19.1 Å². The zero-order valence-corrected chi connectivity index (χ0v) is 13.7. The van der Waals surface area contributed by atoms with Crippen molar-refractivity contribution in [3.63, 3.8) is 0 Å². The number of hydrogen-bond acceptors (Lipinski definition) is 4. The van der Waals surface area contributed by atoms with Crippen LogP contribution in [0.25, 0.3) is 0 Å². The number of anilines is 1. The quantitative estimate of drug-likeness (QED) is 0.690. The first-order chi connectivity index (χ1) is 10.0. The van der Waals surface area contributed by atoms with Gasteiger partial charge in [-0.3, -0.25) is 9.59 Å². The summed E-state index contributed by atoms with van der Waals surface area (Å²) in [4.78, 5) is 23.1. The predicted octanol–water partition coefficient (Wildman–Crippen LogP) is 1.48. The number of ether oxygens (including phenoxy) is 2. The van der Waals surface area contributed by atoms with Crippen LogP contribution in [0.15, 0.2) is 22.7 Å². The molecule has 0 fully saturated rings. The average Bonchev–Trinajstić information content (AvgIpc) is 2.44. The molecule has 0 heterocycles. The van der Waals surface area contributed by atoms with E-state index in [2.05, 4.69) is 26.6 Å². The summed E-state index contributed by atoms with van der Waals surface area (Å²) < 4.78 is 10.8. The van der Waals surface area contributed by atoms with Gasteiger partial charge in [-0.05, 0) is 30.7 Å². The minimum Gasteiger partial charge on any atom is -0.382 e. The Kier molecular flexibility index (Phi) is 7.96. The van der Waals surface area contributed by atoms with Crippen LogP contribution in [0.1, 0.15) is 5.56 Å². The van der Waals surface area contributed by atoms with E-state index in [9.17, 15) is 9.59 Å². The molecule has 0 radical (unpaired) electrons. The molecule has 116 valence electrons. The maximum Gasteiger partial charge on any atom is 0.246 e. The monoisotopic (exact) mass is 358 g/mol. The number of rotatable bonds is 8. The number of carbonyl (C=O) groups is 2. The van der Waals surface area contributed by atoms with E-state index in [1.54, 1.807) is 13.2 Å². The maximum atomic E-state index is 11.7. The molecule has 21 heavy (non-hydrogen) atoms. The molecular weight excluding hydrogens is 340 g/mol. The van der Waals surface area contributed by atoms with Gasteiger partial charge in [-0.1, -0.05) is 15.9 Å². The molecule has 0 aliphatic rings. The summed E-state index contributed by atoms with van der Waals surface area (Å²) in [6.45, 7) is 2.48. The van der Waals surface area contributed by atoms with Crippen LogP contribution in [0.2, 0.25) is 0 Å². The largest absolute Gasteiger partial charge is 0.382 e. The molecule has 0 bridgehead atoms. The van der Waals surface area contributed by atoms with Crippen molar-refractivity contribution in [1.29, 1.82) is 0 Å². The standard InChI is InChI=1S/C14H19BrN2O4/c1-10-7-11(15)3-4-12(10)17-13(18)8-16-14(19)9-21-6-5-20-2/h3-4,7H,5-6,8-9H2,1-2H3,(H,16,19)(H,17,18). The lowest BCUT2D eigenvalue weighted by Gasteiger charge is -2.09. The molecule has 0 aliphatic heterocycles. The highest BCUT2D eigenvalue weighted by atomic mass is 79.9. The molecule has 0 saturated carbocycles. The van der Waals surface area contributed by atoms with Gasteiger partial charge in [-0.25, -0.2) is 0 Å². The highest BCUT2D eigenvalue weighted by molar-refractivity contribution is 9.10. The van der Waals surface area contributed by atoms with Crippen LogP contribution < -0.4 is 10.6 Å². The van der Waals surface area contributed by atoms with Crippen molar-refractivity contribution < 1.29 is 19.1 Å². The maximum absolute atomic E-state index is 11.7. The number of hydrogen-bond donors (Lipinski definition) is 2. The Morgan fingerprint density at radius 3 is 2.67 bits per heavy atom. The first-order valence-electron chi connectivity index (χ1n) is 6.42. The molecule has 1 aromatic rings. The second-order valence-corrected chi connectivity index (χ2v) is 5.25. The summed E-state index contributed by atoms with van der Waals surface area (Å²) >= 11 is 3.35. The van der Waals surface area contributed by atoms with E-state index in [0.29, 0.717) is 18.9 Å². The lowest BCUT2D eigenvalue weighted by atomic mass is 10.2. The van der Waals surface area contributed by atoms with E-state index < -0.39 is 0 Å². The van der Waals surface area contributed by atoms with Crippen LogP contribution in [0, 0.1) is 6.92 Å². The van der Waals surface area contributed by atoms with E-state index in [-0.39, 0.29) is 25.0 Å². The summed E-state index contributed by atoms with van der Waals surface area (Å²) in [5.41, 5.74) is 1.65. The Bertz CT molecular complexity index is 494. The van der Waals surface area contributed by atoms with Crippen molar-refractivity contribution in [2.24, 2.45) is 0 Å². The van der Waals surface area contributed by atoms with Gasteiger partial charge in [-0.2, -0.15) is 0 Å². The van der Waals surface area contributed by atoms with E-state index in [0.717, 1.165) is 10.0 Å². The summed E-state index contributed by atoms with van der Waals surface area (Å²) in [6.07, 6.45) is 0. The SMILES string of the molecule is COCCOCC(=O)NCC(=O)Nc1ccc(Br)cc1C. The summed E-state index contributed by atoms with van der Waals surface area (Å²) in [5, 5.41) is 5.22. The van der Waals surface area contributed by atoms with Gasteiger partial charge in [0.1, 0.15) is 6.61 Å². The van der Waals surface area contributed by atoms with Gasteiger partial charge < -0.3 is 20.1 Å². The zero-order chi connectivity index (χ0) is 15.7. The zero-order valence-electron chi connectivity index (χ0n) is 12.1. The van der Waals surface area contributed by atoms with Crippen molar-refractivity contribution in [2.75, 3.05) is 38.8 Å². The Hall–Kier alpha value is -1.44. The molecule has 0 aliphatic carbocycles. The number of carbonyl (C=O) groups excluding carboxylic acids is 2. The molecule has 0 unspecified atom stereocenters. The smallest absolute Gasteiger partial charge is 0.246 e. The Labute approximate surface area is 132 Å². The van der Waals surface area contributed by atoms with Crippen molar-refractivity contribution in [1.82, 2.24) is 5.32 Å². The topological polar surface area (TPSA) is 76.7 Å². The molecule has 0 atom stereocenters. The van der Waals surface area contributed by atoms with Gasteiger partial charge in [0.25, 0.3) is 0 Å². The number of amides is 2. The van der Waals surface area contributed by atoms with Crippen LogP contribution in [-0.4, -0.2) is 45.3 Å². The van der Waals surface area contributed by atoms with Gasteiger partial charge in [0.05, 0.1) is 19.8 Å². The molecular formula is C14H19BrN2O4. The van der Waals surface area contributed by atoms with Crippen LogP contribution >= 0.6 is 15.9 Å². The van der Waals surface area contributed by atoms with Crippen LogP contribution in [0.3, 0.4) is 0 Å². The number of aryl methyl sites for hydroxylation is 1. The van der Waals surface area contributed by atoms with Crippen LogP contribution in [0.5, 0.6) is 0 Å². The number of methoxy groups -OCH3 is 1. The van der Waals surface area contributed by atoms with Gasteiger partial charge in [0.2, 0.25) is 11.8 Å². The van der Waals surface area contributed by atoms with E-state index in [4.69, 9.17) is 9.47 Å². The summed E-state index contributed by atoms with van der Waals surface area (Å²) in [5.74, 6) is -0.626. The summed E-state index contributed by atoms with van der Waals surface area (Å²) in [7, 11) is 1.55. The van der Waals surface area contributed by atoms with Crippen molar-refractivity contribution in [2.45, 2.75) is 6.92 Å². The lowest BCUT2D eigenvalue weighted by Crippen LogP contribution is -2.35. The van der Waals surface area contributed by atoms with Gasteiger partial charge in [-0.15, -0.1) is 0 Å². The number of benzene rings is 1. The fourth-order valence-corrected chi connectivity index (χ4v) is 1.97. The molecule has 2 N–H and O–H groups in total. The summed E-state index contributed by atoms with van der Waals surface area (Å²) in [6, 6.07) is 5.54. The lowest BCUT2D eigenvalue weighted by molar-refractivity contribution is -0.128. The molecule has 1 rings (SSSR count). The number of halogens is 1. The van der Waals surface area contributed by atoms with E-state index in [1.807, 2.05) is 19.1 Å². The molecule has 6 nitrogen and oxygen atoms in total. The highest BCUT2D eigenvalue weighted by Gasteiger charge is 2.07. The Morgan fingerprint density at radius 1 is 1.24 bits per heavy atom. The van der Waals surface area contributed by atoms with Gasteiger partial charge in [0, 0.05) is 17.3 Å². The third kappa shape index (κ3) is 7.22. The minimum absolute atomic E-state index is 0.0893. The van der Waals surface area contributed by atoms with Crippen molar-refractivity contribution >= 4 is 33.4 Å². The van der Waals surface area contributed by atoms with E-state index >= 15 is 0 Å². The third-order valence-electron chi connectivity index (χ3n) is 2.57. The predicted molar refractivity (Wildman–Crippen MR) is 83.2 cm³/mol. The Morgan fingerprint density at radius 2 is 2.00 bits per heavy atom. The third-order valence-corrected chi connectivity index (χ3v) is 3.07. The van der Waals surface area contributed by atoms with Crippen molar-refractivity contribution in [3.8, 4) is 0 Å². The molecule has 1 aromatic carbocycles. The molecule has 0 saturated heterocycles. The fourth-order valence-electron chi connectivity index (χ4n) is 1.50. The Balaban J connectivity index is 2.29. The molecule has 2 amide bonds. The van der Waals surface area contributed by atoms with Gasteiger partial charge in [0.15, 0.2) is 0 Å². The minimum atomic E-state index is -0.339. The van der Waals surface area contributed by atoms with E-state index in [1.165, 1.54) is 0 Å². The fraction of sp³-hybridized carbons (Fsp3) is 0.429. The normalized spacial score (nSPS) is 10.2. The van der Waals surface area contributed by atoms with Crippen molar-refractivity contribution in [3.05, 3.63) is 28.2 Å². The highest BCUT2D eigenvalue weighted by Crippen LogP contribution is 2.19. The van der Waals surface area contributed by atoms with Crippen LogP contribution in [0.4, 0.5) is 5.69 Å². The first-order valence-corrected chi connectivity index (χ1v) is 7.21. The number of nitrogens with one attached hydrogen (secondary N) is 2.